The number of hydrogen-bond acceptors (Lipinski definition) is 8. The summed E-state index contributed by atoms with van der Waals surface area (Å²) in [6, 6.07) is 27.4. The minimum Gasteiger partial charge on any atom is -0.466 e. The van der Waals surface area contributed by atoms with Gasteiger partial charge in [0.15, 0.2) is 0 Å². The molecule has 0 radical (unpaired) electrons. The number of carbonyl (C=O) groups is 2. The highest BCUT2D eigenvalue weighted by Crippen LogP contribution is 2.42. The molecule has 2 aliphatic rings. The normalized spacial score (nSPS) is 17.8. The van der Waals surface area contributed by atoms with Crippen LogP contribution in [0.3, 0.4) is 0 Å². The third kappa shape index (κ3) is 7.16. The molecule has 1 fully saturated rings. The Morgan fingerprint density at radius 2 is 1.46 bits per heavy atom. The van der Waals surface area contributed by atoms with E-state index in [0.717, 1.165) is 32.5 Å². The molecular formula is C36H40ClN3O6. The number of nitrogens with zero attached hydrogens (tertiary/aromatic N) is 2. The van der Waals surface area contributed by atoms with Crippen LogP contribution in [0.5, 0.6) is 0 Å². The van der Waals surface area contributed by atoms with Gasteiger partial charge in [0.1, 0.15) is 0 Å². The van der Waals surface area contributed by atoms with Gasteiger partial charge in [-0.15, -0.1) is 12.4 Å². The van der Waals surface area contributed by atoms with Crippen LogP contribution in [0.4, 0.5) is 5.69 Å². The number of allylic oxidation sites excluding steroid dienone is 2. The molecule has 0 unspecified atom stereocenters. The largest absolute Gasteiger partial charge is 0.466 e. The molecule has 1 N–H and O–H groups in total. The van der Waals surface area contributed by atoms with Crippen LogP contribution in [-0.2, 0) is 24.5 Å². The van der Waals surface area contributed by atoms with E-state index in [0.29, 0.717) is 23.4 Å². The number of carbonyl (C=O) groups excluding carboxylic acids is 2. The summed E-state index contributed by atoms with van der Waals surface area (Å²) in [5.41, 5.74) is 4.42. The monoisotopic (exact) mass is 645 g/mol. The first kappa shape index (κ1) is 34.4. The van der Waals surface area contributed by atoms with Gasteiger partial charge >= 0.3 is 11.9 Å². The van der Waals surface area contributed by atoms with E-state index < -0.39 is 22.8 Å². The Labute approximate surface area is 275 Å². The number of piperidine rings is 1. The number of esters is 2. The number of benzene rings is 3. The lowest BCUT2D eigenvalue weighted by Gasteiger charge is -2.43. The van der Waals surface area contributed by atoms with Gasteiger partial charge in [-0.25, -0.2) is 9.59 Å². The van der Waals surface area contributed by atoms with E-state index >= 15 is 0 Å². The first-order valence-corrected chi connectivity index (χ1v) is 15.3. The molecule has 2 heterocycles. The third-order valence-electron chi connectivity index (χ3n) is 9.01. The molecule has 0 saturated carbocycles. The molecule has 0 aromatic heterocycles. The van der Waals surface area contributed by atoms with E-state index in [1.54, 1.807) is 26.0 Å². The van der Waals surface area contributed by atoms with Crippen LogP contribution in [0.2, 0.25) is 0 Å². The number of dihydropyridines is 1. The van der Waals surface area contributed by atoms with Crippen LogP contribution in [0.15, 0.2) is 107 Å². The van der Waals surface area contributed by atoms with Crippen LogP contribution in [0.1, 0.15) is 55.7 Å². The highest BCUT2D eigenvalue weighted by Gasteiger charge is 2.39. The Morgan fingerprint density at radius 3 is 2.00 bits per heavy atom. The number of hydrogen-bond donors (Lipinski definition) is 1. The summed E-state index contributed by atoms with van der Waals surface area (Å²) in [6.45, 7) is 6.28. The van der Waals surface area contributed by atoms with Crippen molar-refractivity contribution in [3.05, 3.63) is 134 Å². The van der Waals surface area contributed by atoms with E-state index in [9.17, 15) is 19.7 Å². The quantitative estimate of drug-likeness (QED) is 0.116. The number of halogens is 1. The SMILES string of the molecule is COC(=O)C1=C(C)NC(C)=C(C(=O)OCCCN2CCC(c3ccccc3)(c3ccccc3)CC2)[C@H]1c1cccc([N+](=O)[O-])c1.Cl. The summed E-state index contributed by atoms with van der Waals surface area (Å²) in [4.78, 5) is 39.9. The molecule has 46 heavy (non-hydrogen) atoms. The van der Waals surface area contributed by atoms with Crippen LogP contribution >= 0.6 is 12.4 Å². The molecule has 0 spiro atoms. The fraction of sp³-hybridized carbons (Fsp3) is 0.333. The molecule has 10 heteroatoms. The number of nitro benzene ring substituents is 1. The fourth-order valence-corrected chi connectivity index (χ4v) is 6.74. The van der Waals surface area contributed by atoms with E-state index in [1.807, 2.05) is 0 Å². The summed E-state index contributed by atoms with van der Waals surface area (Å²) >= 11 is 0. The van der Waals surface area contributed by atoms with Crippen LogP contribution < -0.4 is 5.32 Å². The first-order valence-electron chi connectivity index (χ1n) is 15.3. The molecule has 5 rings (SSSR count). The lowest BCUT2D eigenvalue weighted by Crippen LogP contribution is -2.43. The number of rotatable bonds is 10. The highest BCUT2D eigenvalue weighted by molar-refractivity contribution is 5.99. The summed E-state index contributed by atoms with van der Waals surface area (Å²) < 4.78 is 10.8. The summed E-state index contributed by atoms with van der Waals surface area (Å²) in [5, 5.41) is 14.6. The van der Waals surface area contributed by atoms with Gasteiger partial charge in [-0.3, -0.25) is 10.1 Å². The number of nitro groups is 1. The number of likely N-dealkylation sites (tertiary alicyclic amines) is 1. The third-order valence-corrected chi connectivity index (χ3v) is 9.01. The van der Waals surface area contributed by atoms with Crippen molar-refractivity contribution < 1.29 is 24.0 Å². The zero-order chi connectivity index (χ0) is 32.0. The lowest BCUT2D eigenvalue weighted by molar-refractivity contribution is -0.384. The Balaban J connectivity index is 0.00000480. The van der Waals surface area contributed by atoms with Crippen molar-refractivity contribution in [1.82, 2.24) is 10.2 Å². The van der Waals surface area contributed by atoms with Gasteiger partial charge in [0.05, 0.1) is 35.7 Å². The van der Waals surface area contributed by atoms with E-state index in [-0.39, 0.29) is 41.3 Å². The van der Waals surface area contributed by atoms with Crippen LogP contribution in [-0.4, -0.2) is 55.1 Å². The van der Waals surface area contributed by atoms with E-state index in [1.165, 1.54) is 30.4 Å². The standard InChI is InChI=1S/C36H39N3O6.ClH/c1-25-31(34(40)44-3)33(27-12-10-17-30(24-27)39(42)43)32(26(2)37-25)35(41)45-23-11-20-38-21-18-36(19-22-38,28-13-6-4-7-14-28)29-15-8-5-9-16-29;/h4-10,12-17,24,33,37H,11,18-23H2,1-3H3;1H/t33-;/m0./s1. The van der Waals surface area contributed by atoms with Crippen molar-refractivity contribution in [3.63, 3.8) is 0 Å². The van der Waals surface area contributed by atoms with Gasteiger partial charge in [-0.2, -0.15) is 0 Å². The minimum atomic E-state index is -0.878. The second-order valence-electron chi connectivity index (χ2n) is 11.6. The molecular weight excluding hydrogens is 606 g/mol. The Morgan fingerprint density at radius 1 is 0.891 bits per heavy atom. The van der Waals surface area contributed by atoms with Gasteiger partial charge in [0.2, 0.25) is 0 Å². The van der Waals surface area contributed by atoms with E-state index in [4.69, 9.17) is 9.47 Å². The van der Waals surface area contributed by atoms with Crippen LogP contribution in [0.25, 0.3) is 0 Å². The van der Waals surface area contributed by atoms with Crippen molar-refractivity contribution in [1.29, 1.82) is 0 Å². The molecule has 3 aromatic rings. The number of methoxy groups -OCH3 is 1. The molecule has 9 nitrogen and oxygen atoms in total. The molecule has 0 amide bonds. The minimum absolute atomic E-state index is 0. The molecule has 1 saturated heterocycles. The predicted octanol–water partition coefficient (Wildman–Crippen LogP) is 6.44. The van der Waals surface area contributed by atoms with Gasteiger partial charge in [0.25, 0.3) is 5.69 Å². The Hall–Kier alpha value is -4.47. The molecule has 242 valence electrons. The maximum atomic E-state index is 13.6. The molecule has 1 atom stereocenters. The second kappa shape index (κ2) is 15.2. The second-order valence-corrected chi connectivity index (χ2v) is 11.6. The van der Waals surface area contributed by atoms with Gasteiger partial charge in [-0.1, -0.05) is 72.8 Å². The van der Waals surface area contributed by atoms with Gasteiger partial charge in [0, 0.05) is 35.5 Å². The highest BCUT2D eigenvalue weighted by atomic mass is 35.5. The van der Waals surface area contributed by atoms with Gasteiger partial charge in [-0.05, 0) is 62.9 Å². The van der Waals surface area contributed by atoms with Gasteiger partial charge < -0.3 is 19.7 Å². The summed E-state index contributed by atoms with van der Waals surface area (Å²) in [5.74, 6) is -2.07. The maximum absolute atomic E-state index is 13.6. The van der Waals surface area contributed by atoms with E-state index in [2.05, 4.69) is 70.9 Å². The Bertz CT molecular complexity index is 1570. The average molecular weight is 646 g/mol. The van der Waals surface area contributed by atoms with Crippen molar-refractivity contribution in [2.75, 3.05) is 33.4 Å². The fourth-order valence-electron chi connectivity index (χ4n) is 6.74. The Kier molecular flexibility index (Phi) is 11.4. The predicted molar refractivity (Wildman–Crippen MR) is 179 cm³/mol. The maximum Gasteiger partial charge on any atom is 0.336 e. The first-order chi connectivity index (χ1) is 21.7. The average Bonchev–Trinajstić information content (AvgIpc) is 3.07. The molecule has 3 aromatic carbocycles. The zero-order valence-electron chi connectivity index (χ0n) is 26.4. The number of ether oxygens (including phenoxy) is 2. The smallest absolute Gasteiger partial charge is 0.336 e. The summed E-state index contributed by atoms with van der Waals surface area (Å²) in [6.07, 6.45) is 2.63. The van der Waals surface area contributed by atoms with Crippen molar-refractivity contribution in [2.24, 2.45) is 0 Å². The van der Waals surface area contributed by atoms with Crippen molar-refractivity contribution in [3.8, 4) is 0 Å². The number of nitrogens with one attached hydrogen (secondary N) is 1. The molecule has 0 aliphatic carbocycles. The number of non-ortho nitro benzene ring substituents is 1. The van der Waals surface area contributed by atoms with Crippen molar-refractivity contribution >= 4 is 30.0 Å². The lowest BCUT2D eigenvalue weighted by atomic mass is 9.68. The zero-order valence-corrected chi connectivity index (χ0v) is 27.2. The topological polar surface area (TPSA) is 111 Å². The van der Waals surface area contributed by atoms with Crippen LogP contribution in [0, 0.1) is 10.1 Å². The molecule has 2 aliphatic heterocycles. The summed E-state index contributed by atoms with van der Waals surface area (Å²) in [7, 11) is 1.26. The van der Waals surface area contributed by atoms with Crippen molar-refractivity contribution in [2.45, 2.75) is 44.4 Å². The molecule has 0 bridgehead atoms.